The molecule has 0 saturated carbocycles. The Morgan fingerprint density at radius 1 is 0.588 bits per heavy atom. The van der Waals surface area contributed by atoms with E-state index in [1.54, 1.807) is 0 Å². The molecule has 17 nitrogen and oxygen atoms in total. The Balaban J connectivity index is 4.99. The van der Waals surface area contributed by atoms with E-state index in [4.69, 9.17) is 16.2 Å². The molecule has 0 aromatic carbocycles. The minimum Gasteiger partial charge on any atom is -0.481 e. The second kappa shape index (κ2) is 29.7. The number of carboxylic acids is 1. The quantitative estimate of drug-likeness (QED) is 0.0262. The summed E-state index contributed by atoms with van der Waals surface area (Å²) in [6.07, 6.45) is 14.7. The zero-order valence-electron chi connectivity index (χ0n) is 30.5. The van der Waals surface area contributed by atoms with Crippen LogP contribution in [0.25, 0.3) is 0 Å². The van der Waals surface area contributed by atoms with Gasteiger partial charge in [0.1, 0.15) is 24.2 Å². The van der Waals surface area contributed by atoms with Crippen LogP contribution < -0.4 is 37.6 Å². The van der Waals surface area contributed by atoms with Crippen molar-refractivity contribution in [2.24, 2.45) is 5.73 Å². The number of aliphatic carboxylic acids is 1. The summed E-state index contributed by atoms with van der Waals surface area (Å²) in [5, 5.41) is 50.4. The van der Waals surface area contributed by atoms with Crippen LogP contribution in [0.4, 0.5) is 0 Å². The first-order valence-corrected chi connectivity index (χ1v) is 18.3. The van der Waals surface area contributed by atoms with Crippen LogP contribution in [0.15, 0.2) is 0 Å². The van der Waals surface area contributed by atoms with Crippen molar-refractivity contribution < 1.29 is 44.1 Å². The highest BCUT2D eigenvalue weighted by molar-refractivity contribution is 5.95. The van der Waals surface area contributed by atoms with Gasteiger partial charge in [-0.15, -0.1) is 0 Å². The Kier molecular flexibility index (Phi) is 27.4. The Hall–Kier alpha value is -3.99. The normalized spacial score (nSPS) is 13.2. The van der Waals surface area contributed by atoms with Gasteiger partial charge < -0.3 is 53.0 Å². The molecule has 0 fully saturated rings. The molecular formula is C34H64N8O9. The number of carbonyl (C=O) groups excluding carboxylic acids is 5. The Morgan fingerprint density at radius 3 is 1.47 bits per heavy atom. The van der Waals surface area contributed by atoms with E-state index < -0.39 is 79.3 Å². The summed E-state index contributed by atoms with van der Waals surface area (Å²) in [6, 6.07) is -5.49. The smallest absolute Gasteiger partial charge is 0.303 e. The van der Waals surface area contributed by atoms with Crippen LogP contribution in [0.5, 0.6) is 0 Å². The third kappa shape index (κ3) is 23.9. The summed E-state index contributed by atoms with van der Waals surface area (Å²) in [7, 11) is 1.31. The predicted octanol–water partition coefficient (Wildman–Crippen LogP) is 0.266. The van der Waals surface area contributed by atoms with Gasteiger partial charge in [0.15, 0.2) is 5.96 Å². The summed E-state index contributed by atoms with van der Waals surface area (Å²) in [5.41, 5.74) is 5.28. The maximum absolute atomic E-state index is 13.2. The fourth-order valence-corrected chi connectivity index (χ4v) is 5.28. The number of likely N-dealkylation sites (N-methyl/N-ethyl adjacent to an activating group) is 1. The fraction of sp³-hybridized carbons (Fsp3) is 0.794. The first kappa shape index (κ1) is 47.0. The Labute approximate surface area is 301 Å². The lowest BCUT2D eigenvalue weighted by atomic mass is 10.0. The van der Waals surface area contributed by atoms with Crippen molar-refractivity contribution in [1.82, 2.24) is 31.9 Å². The van der Waals surface area contributed by atoms with Crippen LogP contribution in [0.2, 0.25) is 0 Å². The van der Waals surface area contributed by atoms with Gasteiger partial charge >= 0.3 is 5.97 Å². The van der Waals surface area contributed by atoms with Crippen LogP contribution in [-0.4, -0.2) is 108 Å². The summed E-state index contributed by atoms with van der Waals surface area (Å²) < 4.78 is 0. The summed E-state index contributed by atoms with van der Waals surface area (Å²) in [5.74, 6) is -5.32. The van der Waals surface area contributed by atoms with Gasteiger partial charge in [-0.2, -0.15) is 0 Å². The number of carboxylic acid groups (broad SMARTS) is 1. The van der Waals surface area contributed by atoms with Crippen LogP contribution in [-0.2, 0) is 28.8 Å². The Bertz CT molecular complexity index is 1060. The molecule has 0 spiro atoms. The molecule has 0 aliphatic carbocycles. The number of hydrogen-bond acceptors (Lipinski definition) is 9. The molecular weight excluding hydrogens is 664 g/mol. The third-order valence-electron chi connectivity index (χ3n) is 8.30. The van der Waals surface area contributed by atoms with Crippen molar-refractivity contribution >= 4 is 41.5 Å². The molecule has 4 atom stereocenters. The number of hydrogen-bond donors (Lipinski definition) is 11. The molecule has 0 aliphatic heterocycles. The van der Waals surface area contributed by atoms with Crippen LogP contribution >= 0.6 is 0 Å². The molecule has 0 aliphatic rings. The third-order valence-corrected chi connectivity index (χ3v) is 8.30. The van der Waals surface area contributed by atoms with Gasteiger partial charge in [0.2, 0.25) is 29.5 Å². The molecule has 0 bridgehead atoms. The number of rotatable bonds is 31. The van der Waals surface area contributed by atoms with Gasteiger partial charge in [-0.05, 0) is 25.7 Å². The highest BCUT2D eigenvalue weighted by Crippen LogP contribution is 2.13. The maximum atomic E-state index is 13.2. The molecule has 0 aromatic rings. The predicted molar refractivity (Wildman–Crippen MR) is 192 cm³/mol. The van der Waals surface area contributed by atoms with E-state index in [0.717, 1.165) is 19.3 Å². The zero-order valence-corrected chi connectivity index (χ0v) is 30.5. The second-order valence-corrected chi connectivity index (χ2v) is 12.7. The molecule has 0 rings (SSSR count). The van der Waals surface area contributed by atoms with E-state index in [1.807, 2.05) is 0 Å². The molecule has 12 N–H and O–H groups in total. The number of nitrogens with one attached hydrogen (secondary N) is 7. The summed E-state index contributed by atoms with van der Waals surface area (Å²) in [6.45, 7) is 0.723. The average Bonchev–Trinajstić information content (AvgIpc) is 3.10. The van der Waals surface area contributed by atoms with Crippen molar-refractivity contribution in [2.75, 3.05) is 26.8 Å². The Morgan fingerprint density at radius 2 is 1.02 bits per heavy atom. The molecule has 294 valence electrons. The van der Waals surface area contributed by atoms with E-state index in [-0.39, 0.29) is 38.2 Å². The minimum atomic E-state index is -1.57. The molecule has 17 heteroatoms. The topological polar surface area (TPSA) is 285 Å². The first-order chi connectivity index (χ1) is 24.4. The number of carbonyl (C=O) groups is 6. The lowest BCUT2D eigenvalue weighted by Crippen LogP contribution is -2.59. The van der Waals surface area contributed by atoms with E-state index in [1.165, 1.54) is 64.8 Å². The molecule has 0 heterocycles. The van der Waals surface area contributed by atoms with Gasteiger partial charge in [0.25, 0.3) is 0 Å². The van der Waals surface area contributed by atoms with Crippen LogP contribution in [0, 0.1) is 5.41 Å². The molecule has 5 amide bonds. The number of unbranched alkanes of at least 4 members (excludes halogenated alkanes) is 12. The number of nitrogens with two attached hydrogens (primary N) is 1. The van der Waals surface area contributed by atoms with Crippen LogP contribution in [0.1, 0.15) is 122 Å². The minimum absolute atomic E-state index is 0.0299. The van der Waals surface area contributed by atoms with Crippen molar-refractivity contribution in [3.63, 3.8) is 0 Å². The van der Waals surface area contributed by atoms with Gasteiger partial charge in [-0.25, -0.2) is 0 Å². The SMILES string of the molecule is CCCCCCCCCCCCCCCC(=O)N[C@@H](CO)C(=O)N[C@@H](CO)C(=O)N[C@@H](CCCNC(=N)N)C(=O)N[C@@H](CCC(=O)O)C(=O)NC. The number of guanidine groups is 1. The van der Waals surface area contributed by atoms with Gasteiger partial charge in [-0.1, -0.05) is 84.0 Å². The van der Waals surface area contributed by atoms with Crippen molar-refractivity contribution in [1.29, 1.82) is 5.41 Å². The highest BCUT2D eigenvalue weighted by Gasteiger charge is 2.31. The number of aliphatic hydroxyl groups excluding tert-OH is 2. The standard InChI is InChI=1S/C34H64N8O9/c1-3-4-5-6-7-8-9-10-11-12-13-14-15-18-28(45)39-26(22-43)32(50)42-27(23-44)33(51)40-24(17-16-21-38-34(35)36)31(49)41-25(30(48)37-2)19-20-29(46)47/h24-27,43-44H,3-23H2,1-2H3,(H,37,48)(H,39,45)(H,40,51)(H,41,49)(H,42,50)(H,46,47)(H4,35,36,38)/t24-,25-,26-,27-/m0/s1. The maximum Gasteiger partial charge on any atom is 0.303 e. The van der Waals surface area contributed by atoms with Crippen molar-refractivity contribution in [2.45, 2.75) is 147 Å². The average molecular weight is 729 g/mol. The molecule has 0 radical (unpaired) electrons. The zero-order chi connectivity index (χ0) is 38.4. The van der Waals surface area contributed by atoms with Crippen molar-refractivity contribution in [3.8, 4) is 0 Å². The monoisotopic (exact) mass is 728 g/mol. The molecule has 0 unspecified atom stereocenters. The summed E-state index contributed by atoms with van der Waals surface area (Å²) >= 11 is 0. The fourth-order valence-electron chi connectivity index (χ4n) is 5.28. The van der Waals surface area contributed by atoms with Gasteiger partial charge in [0, 0.05) is 26.4 Å². The van der Waals surface area contributed by atoms with E-state index in [9.17, 15) is 39.0 Å². The molecule has 0 aromatic heterocycles. The lowest BCUT2D eigenvalue weighted by molar-refractivity contribution is -0.138. The highest BCUT2D eigenvalue weighted by atomic mass is 16.4. The van der Waals surface area contributed by atoms with E-state index in [2.05, 4.69) is 38.8 Å². The van der Waals surface area contributed by atoms with Gasteiger partial charge in [0.05, 0.1) is 13.2 Å². The summed E-state index contributed by atoms with van der Waals surface area (Å²) in [4.78, 5) is 74.9. The van der Waals surface area contributed by atoms with Gasteiger partial charge in [-0.3, -0.25) is 34.2 Å². The molecule has 51 heavy (non-hydrogen) atoms. The number of amides is 5. The van der Waals surface area contributed by atoms with Crippen molar-refractivity contribution in [3.05, 3.63) is 0 Å². The number of aliphatic hydroxyl groups is 2. The van der Waals surface area contributed by atoms with E-state index >= 15 is 0 Å². The van der Waals surface area contributed by atoms with Crippen LogP contribution in [0.3, 0.4) is 0 Å². The lowest BCUT2D eigenvalue weighted by Gasteiger charge is -2.25. The second-order valence-electron chi connectivity index (χ2n) is 12.7. The van der Waals surface area contributed by atoms with E-state index in [0.29, 0.717) is 6.42 Å². The first-order valence-electron chi connectivity index (χ1n) is 18.3. The largest absolute Gasteiger partial charge is 0.481 e. The molecule has 0 saturated heterocycles.